The summed E-state index contributed by atoms with van der Waals surface area (Å²) in [7, 11) is 0. The SMILES string of the molecule is CC(N)C(C)C(=O)Nc1ccc(-c2cc(=O)[nH][nH]2)cc1. The molecule has 0 aliphatic rings. The molecule has 0 fully saturated rings. The molecule has 20 heavy (non-hydrogen) atoms. The maximum absolute atomic E-state index is 11.9. The largest absolute Gasteiger partial charge is 0.327 e. The van der Waals surface area contributed by atoms with Crippen LogP contribution < -0.4 is 16.6 Å². The van der Waals surface area contributed by atoms with Crippen LogP contribution in [0, 0.1) is 5.92 Å². The summed E-state index contributed by atoms with van der Waals surface area (Å²) in [5, 5.41) is 8.06. The van der Waals surface area contributed by atoms with E-state index in [1.54, 1.807) is 26.0 Å². The van der Waals surface area contributed by atoms with Gasteiger partial charge in [-0.25, -0.2) is 0 Å². The van der Waals surface area contributed by atoms with Crippen LogP contribution in [0.2, 0.25) is 0 Å². The van der Waals surface area contributed by atoms with E-state index in [9.17, 15) is 9.59 Å². The predicted molar refractivity (Wildman–Crippen MR) is 78.3 cm³/mol. The summed E-state index contributed by atoms with van der Waals surface area (Å²) in [6, 6.07) is 8.50. The summed E-state index contributed by atoms with van der Waals surface area (Å²) in [4.78, 5) is 22.9. The van der Waals surface area contributed by atoms with Crippen LogP contribution in [0.25, 0.3) is 11.3 Å². The van der Waals surface area contributed by atoms with Gasteiger partial charge in [-0.3, -0.25) is 19.8 Å². The second kappa shape index (κ2) is 5.75. The van der Waals surface area contributed by atoms with Crippen molar-refractivity contribution in [3.05, 3.63) is 40.7 Å². The minimum atomic E-state index is -0.254. The first kappa shape index (κ1) is 14.1. The quantitative estimate of drug-likeness (QED) is 0.675. The second-order valence-electron chi connectivity index (χ2n) is 4.89. The zero-order chi connectivity index (χ0) is 14.7. The Kier molecular flexibility index (Phi) is 4.05. The number of nitrogens with two attached hydrogens (primary N) is 1. The van der Waals surface area contributed by atoms with Crippen LogP contribution in [0.3, 0.4) is 0 Å². The fourth-order valence-corrected chi connectivity index (χ4v) is 1.72. The predicted octanol–water partition coefficient (Wildman–Crippen LogP) is 1.29. The molecule has 0 saturated carbocycles. The molecular formula is C14H18N4O2. The van der Waals surface area contributed by atoms with Gasteiger partial charge in [0.2, 0.25) is 5.91 Å². The Balaban J connectivity index is 2.09. The van der Waals surface area contributed by atoms with Gasteiger partial charge in [0.15, 0.2) is 0 Å². The zero-order valence-electron chi connectivity index (χ0n) is 11.4. The highest BCUT2D eigenvalue weighted by Crippen LogP contribution is 2.18. The molecule has 0 radical (unpaired) electrons. The monoisotopic (exact) mass is 274 g/mol. The molecule has 2 aromatic rings. The Morgan fingerprint density at radius 1 is 1.20 bits per heavy atom. The minimum Gasteiger partial charge on any atom is -0.327 e. The van der Waals surface area contributed by atoms with Crippen molar-refractivity contribution in [3.63, 3.8) is 0 Å². The maximum Gasteiger partial charge on any atom is 0.264 e. The van der Waals surface area contributed by atoms with Gasteiger partial charge in [-0.15, -0.1) is 0 Å². The van der Waals surface area contributed by atoms with Crippen LogP contribution >= 0.6 is 0 Å². The first-order valence-corrected chi connectivity index (χ1v) is 6.42. The fraction of sp³-hybridized carbons (Fsp3) is 0.286. The number of nitrogens with one attached hydrogen (secondary N) is 3. The standard InChI is InChI=1S/C14H18N4O2/c1-8(9(2)15)14(20)16-11-5-3-10(4-6-11)12-7-13(19)18-17-12/h3-9H,15H2,1-2H3,(H,16,20)(H2,17,18,19). The molecule has 1 aromatic carbocycles. The number of aromatic amines is 2. The minimum absolute atomic E-state index is 0.109. The van der Waals surface area contributed by atoms with E-state index in [-0.39, 0.29) is 23.4 Å². The number of aromatic nitrogens is 2. The number of carbonyl (C=O) groups is 1. The average Bonchev–Trinajstić information content (AvgIpc) is 2.85. The number of carbonyl (C=O) groups excluding carboxylic acids is 1. The highest BCUT2D eigenvalue weighted by molar-refractivity contribution is 5.92. The normalized spacial score (nSPS) is 13.8. The Morgan fingerprint density at radius 3 is 2.35 bits per heavy atom. The van der Waals surface area contributed by atoms with Crippen molar-refractivity contribution in [1.29, 1.82) is 0 Å². The second-order valence-corrected chi connectivity index (χ2v) is 4.89. The Hall–Kier alpha value is -2.34. The number of hydrogen-bond acceptors (Lipinski definition) is 3. The maximum atomic E-state index is 11.9. The number of amides is 1. The first-order chi connectivity index (χ1) is 9.47. The van der Waals surface area contributed by atoms with Crippen molar-refractivity contribution < 1.29 is 4.79 Å². The van der Waals surface area contributed by atoms with Crippen LogP contribution in [0.1, 0.15) is 13.8 Å². The van der Waals surface area contributed by atoms with E-state index in [2.05, 4.69) is 15.5 Å². The lowest BCUT2D eigenvalue weighted by Crippen LogP contribution is -2.34. The first-order valence-electron chi connectivity index (χ1n) is 6.42. The smallest absolute Gasteiger partial charge is 0.264 e. The van der Waals surface area contributed by atoms with Crippen LogP contribution in [-0.4, -0.2) is 22.1 Å². The summed E-state index contributed by atoms with van der Waals surface area (Å²) >= 11 is 0. The fourth-order valence-electron chi connectivity index (χ4n) is 1.72. The Labute approximate surface area is 116 Å². The van der Waals surface area contributed by atoms with E-state index in [0.29, 0.717) is 11.4 Å². The van der Waals surface area contributed by atoms with Gasteiger partial charge in [-0.1, -0.05) is 19.1 Å². The Bertz CT molecular complexity index is 640. The van der Waals surface area contributed by atoms with Crippen LogP contribution in [0.5, 0.6) is 0 Å². The van der Waals surface area contributed by atoms with E-state index in [0.717, 1.165) is 5.56 Å². The molecule has 0 bridgehead atoms. The number of H-pyrrole nitrogens is 2. The van der Waals surface area contributed by atoms with Crippen molar-refractivity contribution in [2.45, 2.75) is 19.9 Å². The highest BCUT2D eigenvalue weighted by Gasteiger charge is 2.16. The molecule has 0 aliphatic heterocycles. The van der Waals surface area contributed by atoms with Crippen molar-refractivity contribution in [3.8, 4) is 11.3 Å². The van der Waals surface area contributed by atoms with Crippen molar-refractivity contribution in [2.75, 3.05) is 5.32 Å². The molecule has 106 valence electrons. The van der Waals surface area contributed by atoms with Gasteiger partial charge >= 0.3 is 0 Å². The number of anilines is 1. The van der Waals surface area contributed by atoms with Gasteiger partial charge in [-0.05, 0) is 24.6 Å². The van der Waals surface area contributed by atoms with Gasteiger partial charge in [0, 0.05) is 17.8 Å². The molecular weight excluding hydrogens is 256 g/mol. The van der Waals surface area contributed by atoms with Crippen LogP contribution in [0.4, 0.5) is 5.69 Å². The summed E-state index contributed by atoms with van der Waals surface area (Å²) in [6.45, 7) is 3.59. The van der Waals surface area contributed by atoms with Gasteiger partial charge in [0.05, 0.1) is 11.6 Å². The third-order valence-electron chi connectivity index (χ3n) is 3.26. The van der Waals surface area contributed by atoms with Crippen molar-refractivity contribution in [2.24, 2.45) is 11.7 Å². The third kappa shape index (κ3) is 3.16. The highest BCUT2D eigenvalue weighted by atomic mass is 16.2. The molecule has 2 atom stereocenters. The summed E-state index contributed by atoms with van der Waals surface area (Å²) in [6.07, 6.45) is 0. The molecule has 1 heterocycles. The van der Waals surface area contributed by atoms with Crippen molar-refractivity contribution >= 4 is 11.6 Å². The lowest BCUT2D eigenvalue weighted by atomic mass is 10.0. The number of hydrogen-bond donors (Lipinski definition) is 4. The number of benzene rings is 1. The van der Waals surface area contributed by atoms with E-state index >= 15 is 0 Å². The zero-order valence-corrected chi connectivity index (χ0v) is 11.4. The summed E-state index contributed by atoms with van der Waals surface area (Å²) in [5.41, 5.74) is 7.78. The average molecular weight is 274 g/mol. The topological polar surface area (TPSA) is 104 Å². The molecule has 6 heteroatoms. The van der Waals surface area contributed by atoms with E-state index in [4.69, 9.17) is 5.73 Å². The molecule has 0 spiro atoms. The molecule has 1 amide bonds. The van der Waals surface area contributed by atoms with Gasteiger partial charge in [-0.2, -0.15) is 0 Å². The summed E-state index contributed by atoms with van der Waals surface area (Å²) in [5.74, 6) is -0.362. The molecule has 5 N–H and O–H groups in total. The van der Waals surface area contributed by atoms with E-state index in [1.165, 1.54) is 6.07 Å². The van der Waals surface area contributed by atoms with E-state index < -0.39 is 0 Å². The molecule has 2 unspecified atom stereocenters. The Morgan fingerprint density at radius 2 is 1.85 bits per heavy atom. The van der Waals surface area contributed by atoms with E-state index in [1.807, 2.05) is 12.1 Å². The molecule has 0 saturated heterocycles. The lowest BCUT2D eigenvalue weighted by Gasteiger charge is -2.15. The van der Waals surface area contributed by atoms with Gasteiger partial charge in [0.25, 0.3) is 5.56 Å². The lowest BCUT2D eigenvalue weighted by molar-refractivity contribution is -0.119. The molecule has 1 aromatic heterocycles. The number of rotatable bonds is 4. The third-order valence-corrected chi connectivity index (χ3v) is 3.26. The molecule has 0 aliphatic carbocycles. The molecule has 6 nitrogen and oxygen atoms in total. The van der Waals surface area contributed by atoms with Crippen LogP contribution in [-0.2, 0) is 4.79 Å². The van der Waals surface area contributed by atoms with Crippen molar-refractivity contribution in [1.82, 2.24) is 10.2 Å². The van der Waals surface area contributed by atoms with Gasteiger partial charge in [0.1, 0.15) is 0 Å². The van der Waals surface area contributed by atoms with Gasteiger partial charge < -0.3 is 11.1 Å². The summed E-state index contributed by atoms with van der Waals surface area (Å²) < 4.78 is 0. The van der Waals surface area contributed by atoms with Crippen LogP contribution in [0.15, 0.2) is 35.1 Å². The molecule has 2 rings (SSSR count).